The van der Waals surface area contributed by atoms with Crippen LogP contribution in [0.25, 0.3) is 0 Å². The van der Waals surface area contributed by atoms with Crippen molar-refractivity contribution in [2.45, 2.75) is 0 Å². The molecule has 1 amide bonds. The molecule has 6 nitrogen and oxygen atoms in total. The lowest BCUT2D eigenvalue weighted by atomic mass is 10.3. The summed E-state index contributed by atoms with van der Waals surface area (Å²) in [7, 11) is 3.59. The van der Waals surface area contributed by atoms with Crippen LogP contribution in [0.1, 0.15) is 0 Å². The first kappa shape index (κ1) is 12.7. The van der Waals surface area contributed by atoms with E-state index in [1.165, 1.54) is 0 Å². The van der Waals surface area contributed by atoms with Crippen LogP contribution in [-0.4, -0.2) is 36.1 Å². The van der Waals surface area contributed by atoms with Crippen molar-refractivity contribution < 1.29 is 14.7 Å². The van der Waals surface area contributed by atoms with Gasteiger partial charge in [0.15, 0.2) is 5.82 Å². The monoisotopic (exact) mass is 235 g/mol. The number of carbonyl (C=O) groups excluding carboxylic acids is 1. The highest BCUT2D eigenvalue weighted by molar-refractivity contribution is 6.03. The zero-order valence-corrected chi connectivity index (χ0v) is 9.54. The van der Waals surface area contributed by atoms with Crippen LogP contribution in [-0.2, 0) is 9.59 Å². The van der Waals surface area contributed by atoms with Crippen LogP contribution in [0.2, 0.25) is 0 Å². The van der Waals surface area contributed by atoms with E-state index in [1.54, 1.807) is 37.3 Å². The number of hydrogen-bond donors (Lipinski definition) is 2. The number of aliphatic carboxylic acids is 1. The zero-order valence-electron chi connectivity index (χ0n) is 9.54. The summed E-state index contributed by atoms with van der Waals surface area (Å²) in [5, 5.41) is 10.9. The summed E-state index contributed by atoms with van der Waals surface area (Å²) in [6, 6.07) is 3.37. The highest BCUT2D eigenvalue weighted by atomic mass is 16.4. The van der Waals surface area contributed by atoms with Crippen molar-refractivity contribution in [3.05, 3.63) is 30.5 Å². The van der Waals surface area contributed by atoms with E-state index in [4.69, 9.17) is 5.11 Å². The molecule has 0 bridgehead atoms. The molecule has 1 rings (SSSR count). The van der Waals surface area contributed by atoms with E-state index in [-0.39, 0.29) is 0 Å². The van der Waals surface area contributed by atoms with Gasteiger partial charge in [-0.3, -0.25) is 4.79 Å². The van der Waals surface area contributed by atoms with E-state index in [2.05, 4.69) is 10.3 Å². The molecule has 90 valence electrons. The molecule has 1 heterocycles. The van der Waals surface area contributed by atoms with Gasteiger partial charge in [0.1, 0.15) is 0 Å². The molecule has 0 aromatic carbocycles. The standard InChI is InChI=1S/C11H13N3O3/c1-14(2)11-8(4-3-7-12-11)13-9(15)5-6-10(16)17/h3-7H,1-2H3,(H,13,15)(H,16,17)/b6-5+. The molecule has 0 fully saturated rings. The minimum atomic E-state index is -1.17. The van der Waals surface area contributed by atoms with Gasteiger partial charge in [-0.25, -0.2) is 9.78 Å². The normalized spacial score (nSPS) is 10.2. The Labute approximate surface area is 98.6 Å². The number of pyridine rings is 1. The summed E-state index contributed by atoms with van der Waals surface area (Å²) < 4.78 is 0. The van der Waals surface area contributed by atoms with Crippen molar-refractivity contribution >= 4 is 23.4 Å². The third-order valence-corrected chi connectivity index (χ3v) is 1.85. The van der Waals surface area contributed by atoms with Gasteiger partial charge in [0, 0.05) is 32.4 Å². The van der Waals surface area contributed by atoms with Gasteiger partial charge in [-0.2, -0.15) is 0 Å². The number of carboxylic acids is 1. The summed E-state index contributed by atoms with van der Waals surface area (Å²) in [5.74, 6) is -1.08. The van der Waals surface area contributed by atoms with Crippen molar-refractivity contribution in [1.82, 2.24) is 4.98 Å². The lowest BCUT2D eigenvalue weighted by Gasteiger charge is -2.15. The van der Waals surface area contributed by atoms with Gasteiger partial charge in [0.25, 0.3) is 0 Å². The first-order chi connectivity index (χ1) is 8.00. The average molecular weight is 235 g/mol. The predicted molar refractivity (Wildman–Crippen MR) is 64.0 cm³/mol. The van der Waals surface area contributed by atoms with Crippen molar-refractivity contribution in [1.29, 1.82) is 0 Å². The maximum atomic E-state index is 11.4. The second-order valence-electron chi connectivity index (χ2n) is 3.43. The Balaban J connectivity index is 2.81. The molecule has 0 aliphatic heterocycles. The molecule has 1 aromatic heterocycles. The molecular weight excluding hydrogens is 222 g/mol. The predicted octanol–water partition coefficient (Wildman–Crippen LogP) is 0.727. The maximum absolute atomic E-state index is 11.4. The number of carboxylic acid groups (broad SMARTS) is 1. The molecule has 0 unspecified atom stereocenters. The second-order valence-corrected chi connectivity index (χ2v) is 3.43. The Hall–Kier alpha value is -2.37. The zero-order chi connectivity index (χ0) is 12.8. The largest absolute Gasteiger partial charge is 0.478 e. The summed E-state index contributed by atoms with van der Waals surface area (Å²) in [6.07, 6.45) is 3.34. The molecule has 0 spiro atoms. The van der Waals surface area contributed by atoms with Crippen molar-refractivity contribution in [3.63, 3.8) is 0 Å². The molecule has 0 saturated heterocycles. The Kier molecular flexibility index (Phi) is 4.21. The summed E-state index contributed by atoms with van der Waals surface area (Å²) >= 11 is 0. The molecule has 0 aliphatic rings. The van der Waals surface area contributed by atoms with Gasteiger partial charge in [0.05, 0.1) is 5.69 Å². The van der Waals surface area contributed by atoms with Gasteiger partial charge in [-0.15, -0.1) is 0 Å². The molecule has 2 N–H and O–H groups in total. The highest BCUT2D eigenvalue weighted by Crippen LogP contribution is 2.19. The third kappa shape index (κ3) is 3.94. The molecule has 0 radical (unpaired) electrons. The van der Waals surface area contributed by atoms with Gasteiger partial charge >= 0.3 is 5.97 Å². The topological polar surface area (TPSA) is 82.5 Å². The van der Waals surface area contributed by atoms with Gasteiger partial charge < -0.3 is 15.3 Å². The fraction of sp³-hybridized carbons (Fsp3) is 0.182. The summed E-state index contributed by atoms with van der Waals surface area (Å²) in [5.41, 5.74) is 0.525. The number of amides is 1. The van der Waals surface area contributed by atoms with Gasteiger partial charge in [-0.05, 0) is 12.1 Å². The lowest BCUT2D eigenvalue weighted by molar-refractivity contribution is -0.131. The van der Waals surface area contributed by atoms with E-state index in [0.717, 1.165) is 12.2 Å². The molecule has 1 aromatic rings. The van der Waals surface area contributed by atoms with Gasteiger partial charge in [0.2, 0.25) is 5.91 Å². The quantitative estimate of drug-likeness (QED) is 0.752. The SMILES string of the molecule is CN(C)c1ncccc1NC(=O)/C=C/C(=O)O. The fourth-order valence-electron chi connectivity index (χ4n) is 1.17. The molecule has 0 aliphatic carbocycles. The van der Waals surface area contributed by atoms with E-state index in [9.17, 15) is 9.59 Å². The Morgan fingerprint density at radius 2 is 2.12 bits per heavy atom. The van der Waals surface area contributed by atoms with Crippen molar-refractivity contribution in [3.8, 4) is 0 Å². The molecular formula is C11H13N3O3. The highest BCUT2D eigenvalue weighted by Gasteiger charge is 2.07. The van der Waals surface area contributed by atoms with Crippen LogP contribution >= 0.6 is 0 Å². The smallest absolute Gasteiger partial charge is 0.328 e. The van der Waals surface area contributed by atoms with E-state index in [1.807, 2.05) is 0 Å². The van der Waals surface area contributed by atoms with E-state index in [0.29, 0.717) is 11.5 Å². The minimum Gasteiger partial charge on any atom is -0.478 e. The van der Waals surface area contributed by atoms with E-state index < -0.39 is 11.9 Å². The molecule has 6 heteroatoms. The van der Waals surface area contributed by atoms with Crippen molar-refractivity contribution in [2.24, 2.45) is 0 Å². The molecule has 17 heavy (non-hydrogen) atoms. The van der Waals surface area contributed by atoms with Crippen LogP contribution in [0.4, 0.5) is 11.5 Å². The number of nitrogens with one attached hydrogen (secondary N) is 1. The van der Waals surface area contributed by atoms with Crippen LogP contribution in [0.15, 0.2) is 30.5 Å². The number of anilines is 2. The number of carbonyl (C=O) groups is 2. The Morgan fingerprint density at radius 1 is 1.41 bits per heavy atom. The van der Waals surface area contributed by atoms with Crippen LogP contribution < -0.4 is 10.2 Å². The van der Waals surface area contributed by atoms with Crippen molar-refractivity contribution in [2.75, 3.05) is 24.3 Å². The Morgan fingerprint density at radius 3 is 2.71 bits per heavy atom. The van der Waals surface area contributed by atoms with Gasteiger partial charge in [-0.1, -0.05) is 0 Å². The number of nitrogens with zero attached hydrogens (tertiary/aromatic N) is 2. The first-order valence-electron chi connectivity index (χ1n) is 4.85. The second kappa shape index (κ2) is 5.64. The minimum absolute atomic E-state index is 0.511. The molecule has 0 atom stereocenters. The summed E-state index contributed by atoms with van der Waals surface area (Å²) in [4.78, 5) is 27.5. The van der Waals surface area contributed by atoms with Crippen LogP contribution in [0, 0.1) is 0 Å². The lowest BCUT2D eigenvalue weighted by Crippen LogP contribution is -2.16. The Bertz CT molecular complexity index is 455. The third-order valence-electron chi connectivity index (χ3n) is 1.85. The maximum Gasteiger partial charge on any atom is 0.328 e. The van der Waals surface area contributed by atoms with E-state index >= 15 is 0 Å². The van der Waals surface area contributed by atoms with Crippen LogP contribution in [0.5, 0.6) is 0 Å². The first-order valence-corrected chi connectivity index (χ1v) is 4.85. The fourth-order valence-corrected chi connectivity index (χ4v) is 1.17. The summed E-state index contributed by atoms with van der Waals surface area (Å²) in [6.45, 7) is 0. The number of rotatable bonds is 4. The van der Waals surface area contributed by atoms with Crippen LogP contribution in [0.3, 0.4) is 0 Å². The average Bonchev–Trinajstić information content (AvgIpc) is 2.27. The number of aromatic nitrogens is 1. The number of hydrogen-bond acceptors (Lipinski definition) is 4. The molecule has 0 saturated carbocycles.